The van der Waals surface area contributed by atoms with Crippen LogP contribution >= 0.6 is 0 Å². The molecule has 1 aliphatic carbocycles. The number of hydrogen-bond acceptors (Lipinski definition) is 2. The first-order chi connectivity index (χ1) is 4.83. The van der Waals surface area contributed by atoms with Crippen molar-refractivity contribution in [2.24, 2.45) is 0 Å². The summed E-state index contributed by atoms with van der Waals surface area (Å²) in [5.74, 6) is 0. The molecule has 0 saturated heterocycles. The van der Waals surface area contributed by atoms with Gasteiger partial charge in [-0.1, -0.05) is 18.2 Å². The molecule has 0 aromatic heterocycles. The van der Waals surface area contributed by atoms with Crippen LogP contribution in [-0.2, 0) is 4.74 Å². The number of ether oxygens (including phenoxy) is 1. The van der Waals surface area contributed by atoms with Crippen LogP contribution in [0.3, 0.4) is 0 Å². The van der Waals surface area contributed by atoms with Gasteiger partial charge >= 0.3 is 0 Å². The quantitative estimate of drug-likeness (QED) is 0.589. The largest absolute Gasteiger partial charge is 0.389 e. The summed E-state index contributed by atoms with van der Waals surface area (Å²) in [7, 11) is 0. The van der Waals surface area contributed by atoms with E-state index >= 15 is 0 Å². The lowest BCUT2D eigenvalue weighted by molar-refractivity contribution is 0.0827. The monoisotopic (exact) mass is 140 g/mol. The highest BCUT2D eigenvalue weighted by atomic mass is 16.5. The number of aliphatic hydroxyl groups excluding tert-OH is 1. The second-order valence-corrected chi connectivity index (χ2v) is 2.35. The topological polar surface area (TPSA) is 29.5 Å². The fourth-order valence-electron chi connectivity index (χ4n) is 0.963. The predicted molar refractivity (Wildman–Crippen MR) is 39.7 cm³/mol. The fraction of sp³-hybridized carbons (Fsp3) is 0.500. The summed E-state index contributed by atoms with van der Waals surface area (Å²) < 4.78 is 5.26. The smallest absolute Gasteiger partial charge is 0.0788 e. The minimum Gasteiger partial charge on any atom is -0.389 e. The molecule has 0 radical (unpaired) electrons. The summed E-state index contributed by atoms with van der Waals surface area (Å²) in [5.41, 5.74) is 0. The van der Waals surface area contributed by atoms with Gasteiger partial charge in [0.05, 0.1) is 18.8 Å². The zero-order valence-corrected chi connectivity index (χ0v) is 5.86. The first-order valence-corrected chi connectivity index (χ1v) is 3.42. The SMILES string of the molecule is C=CCO[C@H]1C=C[C@@H](O)C1. The Morgan fingerprint density at radius 2 is 2.50 bits per heavy atom. The third-order valence-electron chi connectivity index (χ3n) is 1.45. The number of aliphatic hydroxyl groups is 1. The van der Waals surface area contributed by atoms with E-state index in [0.717, 1.165) is 0 Å². The molecule has 2 heteroatoms. The highest BCUT2D eigenvalue weighted by Gasteiger charge is 2.15. The Bertz CT molecular complexity index is 140. The molecule has 0 saturated carbocycles. The van der Waals surface area contributed by atoms with Gasteiger partial charge in [0.25, 0.3) is 0 Å². The zero-order chi connectivity index (χ0) is 7.40. The molecule has 2 nitrogen and oxygen atoms in total. The summed E-state index contributed by atoms with van der Waals surface area (Å²) in [6.45, 7) is 4.09. The Labute approximate surface area is 60.8 Å². The van der Waals surface area contributed by atoms with Crippen molar-refractivity contribution in [1.29, 1.82) is 0 Å². The fourth-order valence-corrected chi connectivity index (χ4v) is 0.963. The van der Waals surface area contributed by atoms with Crippen LogP contribution in [0.25, 0.3) is 0 Å². The molecular formula is C8H12O2. The normalized spacial score (nSPS) is 30.9. The summed E-state index contributed by atoms with van der Waals surface area (Å²) in [6.07, 6.45) is 5.82. The molecule has 0 bridgehead atoms. The van der Waals surface area contributed by atoms with Crippen molar-refractivity contribution in [3.05, 3.63) is 24.8 Å². The molecular weight excluding hydrogens is 128 g/mol. The molecule has 0 spiro atoms. The molecule has 1 aliphatic rings. The lowest BCUT2D eigenvalue weighted by Crippen LogP contribution is -2.10. The molecule has 0 aromatic rings. The van der Waals surface area contributed by atoms with Gasteiger partial charge in [-0.15, -0.1) is 6.58 Å². The Kier molecular flexibility index (Phi) is 2.66. The zero-order valence-electron chi connectivity index (χ0n) is 5.86. The van der Waals surface area contributed by atoms with E-state index in [1.807, 2.05) is 6.08 Å². The highest BCUT2D eigenvalue weighted by Crippen LogP contribution is 2.13. The van der Waals surface area contributed by atoms with E-state index in [2.05, 4.69) is 6.58 Å². The van der Waals surface area contributed by atoms with Crippen molar-refractivity contribution in [3.63, 3.8) is 0 Å². The van der Waals surface area contributed by atoms with E-state index in [1.54, 1.807) is 12.2 Å². The lowest BCUT2D eigenvalue weighted by atomic mass is 10.3. The van der Waals surface area contributed by atoms with Gasteiger partial charge in [-0.05, 0) is 0 Å². The molecule has 0 heterocycles. The first-order valence-electron chi connectivity index (χ1n) is 3.42. The van der Waals surface area contributed by atoms with Crippen LogP contribution in [0.15, 0.2) is 24.8 Å². The third kappa shape index (κ3) is 1.97. The Balaban J connectivity index is 2.19. The average Bonchev–Trinajstić information content (AvgIpc) is 2.31. The molecule has 56 valence electrons. The van der Waals surface area contributed by atoms with Crippen molar-refractivity contribution in [2.45, 2.75) is 18.6 Å². The highest BCUT2D eigenvalue weighted by molar-refractivity contribution is 5.03. The van der Waals surface area contributed by atoms with Crippen LogP contribution in [0.5, 0.6) is 0 Å². The second kappa shape index (κ2) is 3.54. The van der Waals surface area contributed by atoms with Gasteiger partial charge in [0.15, 0.2) is 0 Å². The van der Waals surface area contributed by atoms with E-state index in [-0.39, 0.29) is 12.2 Å². The minimum absolute atomic E-state index is 0.0907. The van der Waals surface area contributed by atoms with Gasteiger partial charge in [-0.25, -0.2) is 0 Å². The molecule has 2 atom stereocenters. The van der Waals surface area contributed by atoms with Gasteiger partial charge in [0, 0.05) is 6.42 Å². The van der Waals surface area contributed by atoms with Crippen molar-refractivity contribution in [3.8, 4) is 0 Å². The summed E-state index contributed by atoms with van der Waals surface area (Å²) in [5, 5.41) is 9.01. The van der Waals surface area contributed by atoms with Crippen LogP contribution in [0.4, 0.5) is 0 Å². The van der Waals surface area contributed by atoms with Crippen LogP contribution in [0, 0.1) is 0 Å². The molecule has 1 N–H and O–H groups in total. The van der Waals surface area contributed by atoms with Crippen LogP contribution in [0.1, 0.15) is 6.42 Å². The van der Waals surface area contributed by atoms with Crippen LogP contribution in [0.2, 0.25) is 0 Å². The van der Waals surface area contributed by atoms with Gasteiger partial charge in [-0.2, -0.15) is 0 Å². The lowest BCUT2D eigenvalue weighted by Gasteiger charge is -2.07. The van der Waals surface area contributed by atoms with Gasteiger partial charge < -0.3 is 9.84 Å². The standard InChI is InChI=1S/C8H12O2/c1-2-5-10-8-4-3-7(9)6-8/h2-4,7-9H,1,5-6H2/t7-,8+/m1/s1. The number of rotatable bonds is 3. The molecule has 0 aliphatic heterocycles. The second-order valence-electron chi connectivity index (χ2n) is 2.35. The van der Waals surface area contributed by atoms with E-state index in [1.165, 1.54) is 0 Å². The van der Waals surface area contributed by atoms with Crippen molar-refractivity contribution < 1.29 is 9.84 Å². The van der Waals surface area contributed by atoms with Crippen molar-refractivity contribution in [2.75, 3.05) is 6.61 Å². The van der Waals surface area contributed by atoms with E-state index in [0.29, 0.717) is 13.0 Å². The maximum absolute atomic E-state index is 9.01. The van der Waals surface area contributed by atoms with Crippen molar-refractivity contribution in [1.82, 2.24) is 0 Å². The molecule has 1 rings (SSSR count). The van der Waals surface area contributed by atoms with Crippen LogP contribution in [-0.4, -0.2) is 23.9 Å². The van der Waals surface area contributed by atoms with Crippen LogP contribution < -0.4 is 0 Å². The molecule has 0 amide bonds. The van der Waals surface area contributed by atoms with E-state index in [4.69, 9.17) is 9.84 Å². The van der Waals surface area contributed by atoms with E-state index in [9.17, 15) is 0 Å². The minimum atomic E-state index is -0.310. The maximum atomic E-state index is 9.01. The van der Waals surface area contributed by atoms with E-state index < -0.39 is 0 Å². The summed E-state index contributed by atoms with van der Waals surface area (Å²) in [6, 6.07) is 0. The summed E-state index contributed by atoms with van der Waals surface area (Å²) in [4.78, 5) is 0. The summed E-state index contributed by atoms with van der Waals surface area (Å²) >= 11 is 0. The van der Waals surface area contributed by atoms with Gasteiger partial charge in [0.2, 0.25) is 0 Å². The predicted octanol–water partition coefficient (Wildman–Crippen LogP) is 0.878. The Hall–Kier alpha value is -0.600. The molecule has 0 aromatic carbocycles. The molecule has 10 heavy (non-hydrogen) atoms. The molecule has 0 unspecified atom stereocenters. The molecule has 0 fully saturated rings. The van der Waals surface area contributed by atoms with Gasteiger partial charge in [-0.3, -0.25) is 0 Å². The number of hydrogen-bond donors (Lipinski definition) is 1. The van der Waals surface area contributed by atoms with Gasteiger partial charge in [0.1, 0.15) is 0 Å². The Morgan fingerprint density at radius 1 is 1.70 bits per heavy atom. The maximum Gasteiger partial charge on any atom is 0.0788 e. The first kappa shape index (κ1) is 7.51. The van der Waals surface area contributed by atoms with Crippen molar-refractivity contribution >= 4 is 0 Å². The third-order valence-corrected chi connectivity index (χ3v) is 1.45. The average molecular weight is 140 g/mol. The Morgan fingerprint density at radius 3 is 3.00 bits per heavy atom.